The summed E-state index contributed by atoms with van der Waals surface area (Å²) < 4.78 is 0. The molecule has 0 saturated heterocycles. The fourth-order valence-corrected chi connectivity index (χ4v) is 2.80. The van der Waals surface area contributed by atoms with Crippen LogP contribution in [0.5, 0.6) is 0 Å². The van der Waals surface area contributed by atoms with Crippen molar-refractivity contribution < 1.29 is 0 Å². The Morgan fingerprint density at radius 2 is 1.22 bits per heavy atom. The highest BCUT2D eigenvalue weighted by Gasteiger charge is 2.08. The highest BCUT2D eigenvalue weighted by molar-refractivity contribution is 6.19. The highest BCUT2D eigenvalue weighted by Crippen LogP contribution is 2.33. The summed E-state index contributed by atoms with van der Waals surface area (Å²) >= 11 is 0. The van der Waals surface area contributed by atoms with Gasteiger partial charge < -0.3 is 0 Å². The number of rotatable bonds is 0. The molecule has 0 amide bonds. The Kier molecular flexibility index (Phi) is 1.68. The van der Waals surface area contributed by atoms with Crippen LogP contribution in [-0.2, 0) is 0 Å². The van der Waals surface area contributed by atoms with Crippen molar-refractivity contribution in [3.63, 3.8) is 0 Å². The molecule has 0 atom stereocenters. The van der Waals surface area contributed by atoms with Crippen LogP contribution in [0, 0.1) is 11.3 Å². The molecule has 0 bridgehead atoms. The van der Waals surface area contributed by atoms with Gasteiger partial charge in [0.25, 0.3) is 0 Å². The summed E-state index contributed by atoms with van der Waals surface area (Å²) in [6, 6.07) is 21.1. The predicted octanol–water partition coefficient (Wildman–Crippen LogP) is 4.46. The lowest BCUT2D eigenvalue weighted by molar-refractivity contribution is 1.51. The van der Waals surface area contributed by atoms with Crippen molar-refractivity contribution in [2.75, 3.05) is 0 Å². The topological polar surface area (TPSA) is 23.8 Å². The van der Waals surface area contributed by atoms with Crippen molar-refractivity contribution in [2.45, 2.75) is 0 Å². The van der Waals surface area contributed by atoms with E-state index in [1.807, 2.05) is 12.1 Å². The van der Waals surface area contributed by atoms with Crippen LogP contribution in [0.2, 0.25) is 0 Å². The summed E-state index contributed by atoms with van der Waals surface area (Å²) in [7, 11) is 0. The molecule has 0 aliphatic heterocycles. The first-order valence-corrected chi connectivity index (χ1v) is 5.94. The van der Waals surface area contributed by atoms with E-state index in [0.717, 1.165) is 5.56 Å². The molecule has 0 N–H and O–H groups in total. The maximum Gasteiger partial charge on any atom is 0.0992 e. The lowest BCUT2D eigenvalue weighted by Crippen LogP contribution is -1.59. The van der Waals surface area contributed by atoms with Crippen LogP contribution in [0.25, 0.3) is 32.3 Å². The van der Waals surface area contributed by atoms with E-state index in [-0.39, 0.29) is 0 Å². The molecule has 0 radical (unpaired) electrons. The maximum atomic E-state index is 9.10. The van der Waals surface area contributed by atoms with E-state index >= 15 is 0 Å². The van der Waals surface area contributed by atoms with Gasteiger partial charge in [0.1, 0.15) is 0 Å². The van der Waals surface area contributed by atoms with Gasteiger partial charge in [-0.1, -0.05) is 36.4 Å². The van der Waals surface area contributed by atoms with Crippen LogP contribution < -0.4 is 0 Å². The Labute approximate surface area is 104 Å². The summed E-state index contributed by atoms with van der Waals surface area (Å²) in [5, 5.41) is 16.4. The SMILES string of the molecule is N#Cc1cc2c3cccc3cc3cccc3c2c1. The molecule has 0 heterocycles. The van der Waals surface area contributed by atoms with Gasteiger partial charge in [-0.15, -0.1) is 0 Å². The van der Waals surface area contributed by atoms with Gasteiger partial charge in [-0.2, -0.15) is 5.26 Å². The van der Waals surface area contributed by atoms with Crippen LogP contribution in [0.15, 0.2) is 54.6 Å². The first-order valence-electron chi connectivity index (χ1n) is 5.94. The molecule has 0 aliphatic rings. The largest absolute Gasteiger partial charge is 0.192 e. The zero-order chi connectivity index (χ0) is 12.1. The van der Waals surface area contributed by atoms with Gasteiger partial charge in [0.05, 0.1) is 11.6 Å². The van der Waals surface area contributed by atoms with Gasteiger partial charge in [-0.3, -0.25) is 0 Å². The van der Waals surface area contributed by atoms with Crippen LogP contribution in [0.3, 0.4) is 0 Å². The summed E-state index contributed by atoms with van der Waals surface area (Å²) in [5.74, 6) is 0. The van der Waals surface area contributed by atoms with Crippen LogP contribution in [0.1, 0.15) is 5.56 Å². The Morgan fingerprint density at radius 1 is 0.667 bits per heavy atom. The molecule has 4 aromatic carbocycles. The quantitative estimate of drug-likeness (QED) is 0.435. The van der Waals surface area contributed by atoms with E-state index in [1.165, 1.54) is 32.3 Å². The first kappa shape index (κ1) is 9.44. The second-order valence-electron chi connectivity index (χ2n) is 4.62. The van der Waals surface area contributed by atoms with E-state index in [9.17, 15) is 0 Å². The minimum absolute atomic E-state index is 0.737. The Hall–Kier alpha value is -2.59. The number of fused-ring (bicyclic) bond motifs is 5. The minimum atomic E-state index is 0.737. The van der Waals surface area contributed by atoms with E-state index in [4.69, 9.17) is 5.26 Å². The monoisotopic (exact) mass is 227 g/mol. The van der Waals surface area contributed by atoms with Gasteiger partial charge in [0, 0.05) is 0 Å². The van der Waals surface area contributed by atoms with Gasteiger partial charge in [0.15, 0.2) is 0 Å². The van der Waals surface area contributed by atoms with Crippen molar-refractivity contribution >= 4 is 32.3 Å². The molecule has 82 valence electrons. The van der Waals surface area contributed by atoms with Crippen LogP contribution in [0.4, 0.5) is 0 Å². The molecule has 4 rings (SSSR count). The molecule has 0 fully saturated rings. The number of hydrogen-bond acceptors (Lipinski definition) is 1. The van der Waals surface area contributed by atoms with Crippen molar-refractivity contribution in [2.24, 2.45) is 0 Å². The third kappa shape index (κ3) is 1.10. The standard InChI is InChI=1S/C17H9N/c18-10-11-7-16-14-5-1-3-12(14)9-13-4-2-6-15(13)17(16)8-11/h1-9H. The van der Waals surface area contributed by atoms with Gasteiger partial charge in [-0.05, 0) is 50.5 Å². The summed E-state index contributed by atoms with van der Waals surface area (Å²) in [6.07, 6.45) is 0. The van der Waals surface area contributed by atoms with Crippen molar-refractivity contribution in [3.8, 4) is 6.07 Å². The average molecular weight is 227 g/mol. The summed E-state index contributed by atoms with van der Waals surface area (Å²) in [6.45, 7) is 0. The van der Waals surface area contributed by atoms with Crippen molar-refractivity contribution in [3.05, 3.63) is 60.2 Å². The Balaban J connectivity index is 2.43. The van der Waals surface area contributed by atoms with E-state index in [0.29, 0.717) is 0 Å². The van der Waals surface area contributed by atoms with Crippen LogP contribution >= 0.6 is 0 Å². The van der Waals surface area contributed by atoms with E-state index in [2.05, 4.69) is 48.5 Å². The molecule has 0 unspecified atom stereocenters. The smallest absolute Gasteiger partial charge is 0.0992 e. The number of nitriles is 1. The average Bonchev–Trinajstić information content (AvgIpc) is 3.07. The molecule has 0 aromatic heterocycles. The third-order valence-corrected chi connectivity index (χ3v) is 3.61. The lowest BCUT2D eigenvalue weighted by atomic mass is 10.2. The molecule has 1 nitrogen and oxygen atoms in total. The van der Waals surface area contributed by atoms with Crippen molar-refractivity contribution in [1.29, 1.82) is 5.26 Å². The van der Waals surface area contributed by atoms with Gasteiger partial charge in [0.2, 0.25) is 0 Å². The number of nitrogens with zero attached hydrogens (tertiary/aromatic N) is 1. The second-order valence-corrected chi connectivity index (χ2v) is 4.62. The van der Waals surface area contributed by atoms with Crippen molar-refractivity contribution in [1.82, 2.24) is 0 Å². The predicted molar refractivity (Wildman–Crippen MR) is 74.9 cm³/mol. The van der Waals surface area contributed by atoms with Gasteiger partial charge in [-0.25, -0.2) is 0 Å². The van der Waals surface area contributed by atoms with Crippen LogP contribution in [-0.4, -0.2) is 0 Å². The molecule has 0 saturated carbocycles. The summed E-state index contributed by atoms with van der Waals surface area (Å²) in [5.41, 5.74) is 0.737. The fraction of sp³-hybridized carbons (Fsp3) is 0. The Morgan fingerprint density at radius 3 is 1.72 bits per heavy atom. The minimum Gasteiger partial charge on any atom is -0.192 e. The Bertz CT molecular complexity index is 860. The molecule has 4 aromatic rings. The molecule has 18 heavy (non-hydrogen) atoms. The van der Waals surface area contributed by atoms with E-state index < -0.39 is 0 Å². The van der Waals surface area contributed by atoms with E-state index in [1.54, 1.807) is 0 Å². The zero-order valence-corrected chi connectivity index (χ0v) is 9.64. The molecular formula is C17H9N. The second kappa shape index (κ2) is 3.21. The maximum absolute atomic E-state index is 9.10. The number of hydrogen-bond donors (Lipinski definition) is 0. The lowest BCUT2D eigenvalue weighted by Gasteiger charge is -1.86. The molecule has 0 spiro atoms. The summed E-state index contributed by atoms with van der Waals surface area (Å²) in [4.78, 5) is 0. The zero-order valence-electron chi connectivity index (χ0n) is 9.64. The fourth-order valence-electron chi connectivity index (χ4n) is 2.80. The first-order chi connectivity index (χ1) is 8.86. The third-order valence-electron chi connectivity index (χ3n) is 3.61. The molecule has 1 heteroatoms. The molecule has 0 aliphatic carbocycles. The highest BCUT2D eigenvalue weighted by atomic mass is 14.2. The van der Waals surface area contributed by atoms with Gasteiger partial charge >= 0.3 is 0 Å². The molecular weight excluding hydrogens is 218 g/mol. The normalized spacial score (nSPS) is 11.3.